The smallest absolute Gasteiger partial charge is 0.241 e. The van der Waals surface area contributed by atoms with Crippen molar-refractivity contribution in [1.29, 1.82) is 0 Å². The van der Waals surface area contributed by atoms with Crippen molar-refractivity contribution in [2.24, 2.45) is 0 Å². The third kappa shape index (κ3) is 2.42. The summed E-state index contributed by atoms with van der Waals surface area (Å²) in [4.78, 5) is 8.68. The van der Waals surface area contributed by atoms with E-state index in [1.807, 2.05) is 41.3 Å². The highest BCUT2D eigenvalue weighted by atomic mass is 16.5. The first kappa shape index (κ1) is 14.4. The van der Waals surface area contributed by atoms with Crippen LogP contribution >= 0.6 is 0 Å². The van der Waals surface area contributed by atoms with E-state index >= 15 is 0 Å². The summed E-state index contributed by atoms with van der Waals surface area (Å²) < 4.78 is 8.89. The lowest BCUT2D eigenvalue weighted by molar-refractivity contribution is 0.0326. The highest BCUT2D eigenvalue weighted by Crippen LogP contribution is 2.26. The lowest BCUT2D eigenvalue weighted by atomic mass is 9.89. The molecule has 0 bridgehead atoms. The van der Waals surface area contributed by atoms with Crippen molar-refractivity contribution >= 4 is 17.1 Å². The summed E-state index contributed by atoms with van der Waals surface area (Å²) in [7, 11) is 1.75. The minimum Gasteiger partial charge on any atom is -0.381 e. The Hall–Kier alpha value is -3.00. The van der Waals surface area contributed by atoms with E-state index in [-0.39, 0.29) is 0 Å². The Labute approximate surface area is 143 Å². The molecule has 4 aromatic rings. The molecule has 0 amide bonds. The third-order valence-electron chi connectivity index (χ3n) is 4.71. The second kappa shape index (κ2) is 5.52. The molecular weight excluding hydrogens is 318 g/mol. The largest absolute Gasteiger partial charge is 0.381 e. The van der Waals surface area contributed by atoms with Gasteiger partial charge in [-0.3, -0.25) is 0 Å². The predicted octanol–water partition coefficient (Wildman–Crippen LogP) is 2.03. The molecule has 0 unspecified atom stereocenters. The molecule has 5 rings (SSSR count). The molecule has 4 aromatic heterocycles. The van der Waals surface area contributed by atoms with Gasteiger partial charge in [-0.15, -0.1) is 5.10 Å². The number of ether oxygens (including phenoxy) is 1. The van der Waals surface area contributed by atoms with Crippen molar-refractivity contribution in [2.75, 3.05) is 12.4 Å². The van der Waals surface area contributed by atoms with E-state index in [0.29, 0.717) is 18.1 Å². The number of rotatable bonds is 4. The van der Waals surface area contributed by atoms with Crippen LogP contribution in [0.3, 0.4) is 0 Å². The van der Waals surface area contributed by atoms with Gasteiger partial charge in [0.25, 0.3) is 0 Å². The van der Waals surface area contributed by atoms with Crippen LogP contribution in [0.1, 0.15) is 12.8 Å². The molecule has 8 heteroatoms. The fourth-order valence-electron chi connectivity index (χ4n) is 3.20. The molecule has 126 valence electrons. The molecule has 0 saturated heterocycles. The van der Waals surface area contributed by atoms with E-state index in [9.17, 15) is 0 Å². The molecule has 8 nitrogen and oxygen atoms in total. The first-order valence-electron chi connectivity index (χ1n) is 8.24. The van der Waals surface area contributed by atoms with Gasteiger partial charge in [-0.1, -0.05) is 0 Å². The predicted molar refractivity (Wildman–Crippen MR) is 92.4 cm³/mol. The van der Waals surface area contributed by atoms with Gasteiger partial charge in [0, 0.05) is 37.3 Å². The molecule has 0 atom stereocenters. The fraction of sp³-hybridized carbons (Fsp3) is 0.294. The zero-order valence-corrected chi connectivity index (χ0v) is 13.7. The van der Waals surface area contributed by atoms with Gasteiger partial charge in [0.1, 0.15) is 0 Å². The molecule has 1 aliphatic rings. The van der Waals surface area contributed by atoms with Crippen LogP contribution in [0.5, 0.6) is 0 Å². The number of anilines is 1. The standard InChI is InChI=1S/C17H17N7O/c1-25-12-8-11(9-12)20-17-19-10-15-13(4-6-23(15)22-17)14-2-3-16-18-5-7-24(16)21-14/h2-7,10-12H,8-9H2,1H3,(H,20,22)/t11-,12-. The number of nitrogens with zero attached hydrogens (tertiary/aromatic N) is 6. The van der Waals surface area contributed by atoms with Gasteiger partial charge in [0.15, 0.2) is 5.65 Å². The van der Waals surface area contributed by atoms with Crippen LogP contribution in [0.25, 0.3) is 22.4 Å². The SMILES string of the molecule is CO[C@H]1C[C@H](Nc2ncc3c(-c4ccc5nccn5n4)ccn3n2)C1. The first-order valence-corrected chi connectivity index (χ1v) is 8.24. The fourth-order valence-corrected chi connectivity index (χ4v) is 3.20. The number of aromatic nitrogens is 6. The van der Waals surface area contributed by atoms with Gasteiger partial charge in [0.2, 0.25) is 5.95 Å². The number of hydrogen-bond donors (Lipinski definition) is 1. The van der Waals surface area contributed by atoms with Gasteiger partial charge >= 0.3 is 0 Å². The summed E-state index contributed by atoms with van der Waals surface area (Å²) in [5, 5.41) is 12.5. The topological polar surface area (TPSA) is 81.6 Å². The van der Waals surface area contributed by atoms with Crippen LogP contribution in [-0.4, -0.2) is 48.5 Å². The van der Waals surface area contributed by atoms with Gasteiger partial charge in [-0.05, 0) is 31.0 Å². The number of fused-ring (bicyclic) bond motifs is 2. The summed E-state index contributed by atoms with van der Waals surface area (Å²) in [6.07, 6.45) is 9.66. The van der Waals surface area contributed by atoms with E-state index in [2.05, 4.69) is 25.5 Å². The van der Waals surface area contributed by atoms with Crippen LogP contribution in [0.4, 0.5) is 5.95 Å². The number of nitrogens with one attached hydrogen (secondary N) is 1. The highest BCUT2D eigenvalue weighted by molar-refractivity contribution is 5.78. The minimum absolute atomic E-state index is 0.351. The molecule has 0 aromatic carbocycles. The molecule has 0 aliphatic heterocycles. The van der Waals surface area contributed by atoms with Gasteiger partial charge < -0.3 is 10.1 Å². The number of methoxy groups -OCH3 is 1. The van der Waals surface area contributed by atoms with Crippen LogP contribution in [-0.2, 0) is 4.74 Å². The van der Waals surface area contributed by atoms with Crippen molar-refractivity contribution in [2.45, 2.75) is 25.0 Å². The Bertz CT molecular complexity index is 1050. The van der Waals surface area contributed by atoms with Crippen LogP contribution in [0.2, 0.25) is 0 Å². The van der Waals surface area contributed by atoms with Crippen LogP contribution in [0, 0.1) is 0 Å². The molecule has 0 spiro atoms. The maximum atomic E-state index is 5.30. The van der Waals surface area contributed by atoms with E-state index in [1.165, 1.54) is 0 Å². The Morgan fingerprint density at radius 1 is 1.08 bits per heavy atom. The quantitative estimate of drug-likeness (QED) is 0.614. The number of imidazole rings is 1. The Balaban J connectivity index is 1.45. The Morgan fingerprint density at radius 2 is 2.00 bits per heavy atom. The molecule has 1 aliphatic carbocycles. The maximum absolute atomic E-state index is 5.30. The molecule has 4 heterocycles. The second-order valence-corrected chi connectivity index (χ2v) is 6.26. The lowest BCUT2D eigenvalue weighted by Gasteiger charge is -2.34. The Morgan fingerprint density at radius 3 is 2.88 bits per heavy atom. The van der Waals surface area contributed by atoms with E-state index in [1.54, 1.807) is 17.8 Å². The van der Waals surface area contributed by atoms with Crippen molar-refractivity contribution < 1.29 is 4.74 Å². The monoisotopic (exact) mass is 335 g/mol. The summed E-state index contributed by atoms with van der Waals surface area (Å²) in [5.41, 5.74) is 3.59. The summed E-state index contributed by atoms with van der Waals surface area (Å²) >= 11 is 0. The number of hydrogen-bond acceptors (Lipinski definition) is 6. The van der Waals surface area contributed by atoms with Crippen molar-refractivity contribution in [3.8, 4) is 11.3 Å². The van der Waals surface area contributed by atoms with Gasteiger partial charge in [-0.2, -0.15) is 5.10 Å². The summed E-state index contributed by atoms with van der Waals surface area (Å²) in [6, 6.07) is 6.29. The maximum Gasteiger partial charge on any atom is 0.241 e. The van der Waals surface area contributed by atoms with Crippen molar-refractivity contribution in [3.63, 3.8) is 0 Å². The zero-order valence-electron chi connectivity index (χ0n) is 13.7. The average Bonchev–Trinajstić information content (AvgIpc) is 3.23. The average molecular weight is 335 g/mol. The molecule has 1 fully saturated rings. The lowest BCUT2D eigenvalue weighted by Crippen LogP contribution is -2.40. The van der Waals surface area contributed by atoms with Gasteiger partial charge in [-0.25, -0.2) is 19.0 Å². The molecule has 25 heavy (non-hydrogen) atoms. The van der Waals surface area contributed by atoms with E-state index in [4.69, 9.17) is 4.74 Å². The summed E-state index contributed by atoms with van der Waals surface area (Å²) in [5.74, 6) is 0.632. The zero-order chi connectivity index (χ0) is 16.8. The van der Waals surface area contributed by atoms with Gasteiger partial charge in [0.05, 0.1) is 23.5 Å². The van der Waals surface area contributed by atoms with Crippen molar-refractivity contribution in [3.05, 3.63) is 43.0 Å². The molecule has 1 N–H and O–H groups in total. The second-order valence-electron chi connectivity index (χ2n) is 6.26. The minimum atomic E-state index is 0.351. The molecular formula is C17H17N7O. The van der Waals surface area contributed by atoms with E-state index < -0.39 is 0 Å². The van der Waals surface area contributed by atoms with Crippen LogP contribution in [0.15, 0.2) is 43.0 Å². The highest BCUT2D eigenvalue weighted by Gasteiger charge is 2.29. The van der Waals surface area contributed by atoms with Crippen LogP contribution < -0.4 is 5.32 Å². The third-order valence-corrected chi connectivity index (χ3v) is 4.71. The molecule has 0 radical (unpaired) electrons. The Kier molecular flexibility index (Phi) is 3.17. The van der Waals surface area contributed by atoms with E-state index in [0.717, 1.165) is 35.3 Å². The molecule has 1 saturated carbocycles. The first-order chi connectivity index (χ1) is 12.3. The normalized spacial score (nSPS) is 20.0. The summed E-state index contributed by atoms with van der Waals surface area (Å²) in [6.45, 7) is 0. The van der Waals surface area contributed by atoms with Crippen molar-refractivity contribution in [1.82, 2.24) is 29.2 Å².